The van der Waals surface area contributed by atoms with Gasteiger partial charge in [-0.2, -0.15) is 10.2 Å². The minimum atomic E-state index is -0.332. The van der Waals surface area contributed by atoms with Crippen LogP contribution in [0, 0.1) is 18.3 Å². The average Bonchev–Trinajstić information content (AvgIpc) is 1.97. The minimum Gasteiger partial charge on any atom is -0.301 e. The molecule has 0 N–H and O–H groups in total. The van der Waals surface area contributed by atoms with E-state index in [0.29, 0.717) is 11.3 Å². The van der Waals surface area contributed by atoms with Crippen molar-refractivity contribution in [1.29, 1.82) is 5.26 Å². The van der Waals surface area contributed by atoms with Crippen molar-refractivity contribution < 1.29 is 0 Å². The maximum Gasteiger partial charge on any atom is 0.347 e. The van der Waals surface area contributed by atoms with Crippen LogP contribution in [0.3, 0.4) is 0 Å². The van der Waals surface area contributed by atoms with Crippen LogP contribution in [0.4, 0.5) is 0 Å². The highest BCUT2D eigenvalue weighted by molar-refractivity contribution is 5.28. The Bertz CT molecular complexity index is 372. The molecule has 0 atom stereocenters. The summed E-state index contributed by atoms with van der Waals surface area (Å²) in [6.07, 6.45) is 1.48. The molecule has 0 aliphatic heterocycles. The molecule has 0 bridgehead atoms. The predicted octanol–water partition coefficient (Wildman–Crippen LogP) is -0.0396. The van der Waals surface area contributed by atoms with Crippen molar-refractivity contribution in [3.63, 3.8) is 0 Å². The lowest BCUT2D eigenvalue weighted by molar-refractivity contribution is 0.794. The van der Waals surface area contributed by atoms with E-state index in [1.165, 1.54) is 10.8 Å². The van der Waals surface area contributed by atoms with Crippen LogP contribution in [-0.2, 0) is 7.05 Å². The van der Waals surface area contributed by atoms with Crippen LogP contribution < -0.4 is 5.69 Å². The molecule has 0 saturated carbocycles. The molecule has 56 valence electrons. The van der Waals surface area contributed by atoms with E-state index in [0.717, 1.165) is 0 Å². The predicted molar refractivity (Wildman–Crippen MR) is 38.9 cm³/mol. The molecule has 0 aromatic carbocycles. The molecule has 0 aliphatic rings. The smallest absolute Gasteiger partial charge is 0.301 e. The van der Waals surface area contributed by atoms with Crippen molar-refractivity contribution >= 4 is 0 Å². The van der Waals surface area contributed by atoms with Gasteiger partial charge in [0.1, 0.15) is 6.07 Å². The highest BCUT2D eigenvalue weighted by Crippen LogP contribution is 1.96. The van der Waals surface area contributed by atoms with Gasteiger partial charge in [-0.05, 0) is 6.92 Å². The second kappa shape index (κ2) is 2.54. The lowest BCUT2D eigenvalue weighted by atomic mass is 10.3. The second-order valence-corrected chi connectivity index (χ2v) is 2.25. The van der Waals surface area contributed by atoms with E-state index in [-0.39, 0.29) is 5.69 Å². The topological polar surface area (TPSA) is 58.7 Å². The van der Waals surface area contributed by atoms with Gasteiger partial charge in [0, 0.05) is 13.2 Å². The Balaban J connectivity index is 3.47. The summed E-state index contributed by atoms with van der Waals surface area (Å²) in [6, 6.07) is 1.94. The molecule has 4 nitrogen and oxygen atoms in total. The molecular formula is C7H7N3O. The van der Waals surface area contributed by atoms with Crippen LogP contribution >= 0.6 is 0 Å². The largest absolute Gasteiger partial charge is 0.347 e. The van der Waals surface area contributed by atoms with Crippen LogP contribution in [0.1, 0.15) is 11.3 Å². The zero-order chi connectivity index (χ0) is 8.43. The van der Waals surface area contributed by atoms with Gasteiger partial charge < -0.3 is 4.57 Å². The summed E-state index contributed by atoms with van der Waals surface area (Å²) in [6.45, 7) is 1.64. The highest BCUT2D eigenvalue weighted by Gasteiger charge is 1.99. The van der Waals surface area contributed by atoms with Crippen LogP contribution in [0.15, 0.2) is 11.0 Å². The monoisotopic (exact) mass is 149 g/mol. The van der Waals surface area contributed by atoms with E-state index in [9.17, 15) is 4.79 Å². The number of hydrogen-bond acceptors (Lipinski definition) is 3. The van der Waals surface area contributed by atoms with Gasteiger partial charge in [0.2, 0.25) is 0 Å². The first-order chi connectivity index (χ1) is 5.15. The Hall–Kier alpha value is -1.63. The first-order valence-electron chi connectivity index (χ1n) is 3.09. The highest BCUT2D eigenvalue weighted by atomic mass is 16.1. The summed E-state index contributed by atoms with van der Waals surface area (Å²) in [5.74, 6) is 0. The van der Waals surface area contributed by atoms with Crippen LogP contribution in [0.25, 0.3) is 0 Å². The number of nitrogens with zero attached hydrogens (tertiary/aromatic N) is 3. The molecule has 0 fully saturated rings. The van der Waals surface area contributed by atoms with Crippen molar-refractivity contribution in [2.24, 2.45) is 7.05 Å². The molecule has 0 aliphatic carbocycles. The number of aryl methyl sites for hydroxylation is 2. The Kier molecular flexibility index (Phi) is 1.73. The van der Waals surface area contributed by atoms with Crippen molar-refractivity contribution in [2.75, 3.05) is 0 Å². The lowest BCUT2D eigenvalue weighted by Crippen LogP contribution is -2.20. The molecule has 0 amide bonds. The van der Waals surface area contributed by atoms with Gasteiger partial charge in [-0.25, -0.2) is 4.79 Å². The molecule has 1 rings (SSSR count). The third-order valence-corrected chi connectivity index (χ3v) is 1.40. The molecule has 0 spiro atoms. The molecule has 0 unspecified atom stereocenters. The fourth-order valence-corrected chi connectivity index (χ4v) is 0.735. The van der Waals surface area contributed by atoms with E-state index in [4.69, 9.17) is 5.26 Å². The van der Waals surface area contributed by atoms with Crippen LogP contribution in [0.5, 0.6) is 0 Å². The molecule has 0 saturated heterocycles. The van der Waals surface area contributed by atoms with Crippen molar-refractivity contribution in [2.45, 2.75) is 6.92 Å². The Labute approximate surface area is 63.7 Å². The standard InChI is InChI=1S/C7H7N3O/c1-5-6(3-8)4-10(2)7(11)9-5/h4H,1-2H3. The minimum absolute atomic E-state index is 0.332. The Morgan fingerprint density at radius 2 is 2.36 bits per heavy atom. The summed E-state index contributed by atoms with van der Waals surface area (Å²) in [4.78, 5) is 14.5. The van der Waals surface area contributed by atoms with Gasteiger partial charge in [-0.15, -0.1) is 0 Å². The fourth-order valence-electron chi connectivity index (χ4n) is 0.735. The lowest BCUT2D eigenvalue weighted by Gasteiger charge is -1.97. The fraction of sp³-hybridized carbons (Fsp3) is 0.286. The molecule has 1 aromatic heterocycles. The van der Waals surface area contributed by atoms with Crippen LogP contribution in [0.2, 0.25) is 0 Å². The van der Waals surface area contributed by atoms with E-state index in [2.05, 4.69) is 4.98 Å². The summed E-state index contributed by atoms with van der Waals surface area (Å²) < 4.78 is 1.28. The maximum atomic E-state index is 10.9. The third-order valence-electron chi connectivity index (χ3n) is 1.40. The Morgan fingerprint density at radius 1 is 1.73 bits per heavy atom. The average molecular weight is 149 g/mol. The molecule has 1 aromatic rings. The van der Waals surface area contributed by atoms with Gasteiger partial charge >= 0.3 is 5.69 Å². The zero-order valence-corrected chi connectivity index (χ0v) is 6.33. The number of hydrogen-bond donors (Lipinski definition) is 0. The third kappa shape index (κ3) is 1.27. The summed E-state index contributed by atoms with van der Waals surface area (Å²) in [7, 11) is 1.57. The van der Waals surface area contributed by atoms with E-state index < -0.39 is 0 Å². The maximum absolute atomic E-state index is 10.9. The molecule has 11 heavy (non-hydrogen) atoms. The first-order valence-corrected chi connectivity index (χ1v) is 3.09. The summed E-state index contributed by atoms with van der Waals surface area (Å²) >= 11 is 0. The second-order valence-electron chi connectivity index (χ2n) is 2.25. The van der Waals surface area contributed by atoms with Crippen molar-refractivity contribution in [3.8, 4) is 6.07 Å². The molecule has 4 heteroatoms. The molecule has 0 radical (unpaired) electrons. The van der Waals surface area contributed by atoms with Crippen molar-refractivity contribution in [3.05, 3.63) is 27.9 Å². The van der Waals surface area contributed by atoms with Crippen LogP contribution in [-0.4, -0.2) is 9.55 Å². The normalized spacial score (nSPS) is 9.18. The van der Waals surface area contributed by atoms with E-state index in [1.807, 2.05) is 6.07 Å². The summed E-state index contributed by atoms with van der Waals surface area (Å²) in [5.41, 5.74) is 0.587. The molecular weight excluding hydrogens is 142 g/mol. The SMILES string of the molecule is Cc1nc(=O)n(C)cc1C#N. The van der Waals surface area contributed by atoms with Gasteiger partial charge in [0.05, 0.1) is 11.3 Å². The summed E-state index contributed by atoms with van der Waals surface area (Å²) in [5, 5.41) is 8.53. The van der Waals surface area contributed by atoms with E-state index in [1.54, 1.807) is 14.0 Å². The van der Waals surface area contributed by atoms with E-state index >= 15 is 0 Å². The van der Waals surface area contributed by atoms with Gasteiger partial charge in [0.15, 0.2) is 0 Å². The number of rotatable bonds is 0. The van der Waals surface area contributed by atoms with Gasteiger partial charge in [-0.3, -0.25) is 0 Å². The van der Waals surface area contributed by atoms with Gasteiger partial charge in [-0.1, -0.05) is 0 Å². The van der Waals surface area contributed by atoms with Crippen molar-refractivity contribution in [1.82, 2.24) is 9.55 Å². The number of nitriles is 1. The zero-order valence-electron chi connectivity index (χ0n) is 6.33. The first kappa shape index (κ1) is 7.48. The molecule has 1 heterocycles. The van der Waals surface area contributed by atoms with Gasteiger partial charge in [0.25, 0.3) is 0 Å². The quantitative estimate of drug-likeness (QED) is 0.520. The Morgan fingerprint density at radius 3 is 2.91 bits per heavy atom. The number of aromatic nitrogens is 2.